The van der Waals surface area contributed by atoms with E-state index in [1.807, 2.05) is 13.0 Å². The Hall–Kier alpha value is -2.73. The third kappa shape index (κ3) is 3.57. The number of aryl methyl sites for hydroxylation is 1. The molecular formula is C21H24N2O4. The Bertz CT molecular complexity index is 902. The molecule has 2 heterocycles. The molecule has 0 saturated heterocycles. The van der Waals surface area contributed by atoms with Gasteiger partial charge in [-0.2, -0.15) is 0 Å². The zero-order valence-corrected chi connectivity index (χ0v) is 16.2. The molecule has 0 bridgehead atoms. The summed E-state index contributed by atoms with van der Waals surface area (Å²) in [5.41, 5.74) is -0.183. The molecule has 1 aromatic carbocycles. The average molecular weight is 368 g/mol. The minimum absolute atomic E-state index is 0.0744. The SMILES string of the molecule is CCc1ccc(Oc2ncccn2)cc1C1=C(O)C(C)(C)OC(C)(C)C1=O. The van der Waals surface area contributed by atoms with E-state index in [1.54, 1.807) is 58.3 Å². The summed E-state index contributed by atoms with van der Waals surface area (Å²) >= 11 is 0. The Morgan fingerprint density at radius 3 is 2.41 bits per heavy atom. The number of hydrogen-bond acceptors (Lipinski definition) is 6. The highest BCUT2D eigenvalue weighted by molar-refractivity contribution is 6.26. The monoisotopic (exact) mass is 368 g/mol. The number of aliphatic hydroxyl groups is 1. The van der Waals surface area contributed by atoms with Crippen LogP contribution in [0.4, 0.5) is 0 Å². The normalized spacial score (nSPS) is 18.5. The molecule has 0 amide bonds. The maximum absolute atomic E-state index is 13.1. The van der Waals surface area contributed by atoms with Crippen molar-refractivity contribution in [2.24, 2.45) is 0 Å². The van der Waals surface area contributed by atoms with Gasteiger partial charge in [0.05, 0.1) is 5.57 Å². The third-order valence-corrected chi connectivity index (χ3v) is 4.57. The summed E-state index contributed by atoms with van der Waals surface area (Å²) in [6.07, 6.45) is 3.87. The van der Waals surface area contributed by atoms with Crippen LogP contribution < -0.4 is 4.74 Å². The van der Waals surface area contributed by atoms with Gasteiger partial charge in [-0.15, -0.1) is 0 Å². The van der Waals surface area contributed by atoms with Gasteiger partial charge < -0.3 is 14.6 Å². The van der Waals surface area contributed by atoms with Crippen LogP contribution in [0.2, 0.25) is 0 Å². The predicted octanol–water partition coefficient (Wildman–Crippen LogP) is 4.26. The fraction of sp³-hybridized carbons (Fsp3) is 0.381. The maximum Gasteiger partial charge on any atom is 0.321 e. The lowest BCUT2D eigenvalue weighted by molar-refractivity contribution is -0.158. The van der Waals surface area contributed by atoms with Crippen molar-refractivity contribution >= 4 is 11.4 Å². The van der Waals surface area contributed by atoms with Crippen LogP contribution in [0.3, 0.4) is 0 Å². The van der Waals surface area contributed by atoms with Gasteiger partial charge in [-0.05, 0) is 63.4 Å². The summed E-state index contributed by atoms with van der Waals surface area (Å²) in [5, 5.41) is 10.8. The molecule has 0 spiro atoms. The molecule has 0 saturated carbocycles. The van der Waals surface area contributed by atoms with Gasteiger partial charge in [0.1, 0.15) is 22.7 Å². The van der Waals surface area contributed by atoms with Gasteiger partial charge in [-0.3, -0.25) is 4.79 Å². The van der Waals surface area contributed by atoms with E-state index in [1.165, 1.54) is 0 Å². The Balaban J connectivity index is 2.14. The standard InChI is InChI=1S/C21H24N2O4/c1-6-13-8-9-14(26-19-22-10-7-11-23-19)12-15(13)16-17(24)20(2,3)27-21(4,5)18(16)25/h7-12,24H,6H2,1-5H3. The van der Waals surface area contributed by atoms with Crippen molar-refractivity contribution < 1.29 is 19.4 Å². The number of nitrogens with zero attached hydrogens (tertiary/aromatic N) is 2. The van der Waals surface area contributed by atoms with Gasteiger partial charge in [0.2, 0.25) is 0 Å². The van der Waals surface area contributed by atoms with Crippen LogP contribution in [0.15, 0.2) is 42.4 Å². The van der Waals surface area contributed by atoms with Crippen molar-refractivity contribution in [2.45, 2.75) is 52.2 Å². The lowest BCUT2D eigenvalue weighted by atomic mass is 9.81. The maximum atomic E-state index is 13.1. The highest BCUT2D eigenvalue weighted by atomic mass is 16.5. The number of rotatable bonds is 4. The number of hydrogen-bond donors (Lipinski definition) is 1. The van der Waals surface area contributed by atoms with Gasteiger partial charge in [0, 0.05) is 12.4 Å². The van der Waals surface area contributed by atoms with E-state index in [9.17, 15) is 9.90 Å². The molecule has 0 aliphatic carbocycles. The quantitative estimate of drug-likeness (QED) is 0.868. The fourth-order valence-electron chi connectivity index (χ4n) is 3.30. The number of aliphatic hydroxyl groups excluding tert-OH is 1. The second-order valence-electron chi connectivity index (χ2n) is 7.48. The smallest absolute Gasteiger partial charge is 0.321 e. The van der Waals surface area contributed by atoms with Crippen LogP contribution in [-0.4, -0.2) is 32.1 Å². The molecule has 6 nitrogen and oxygen atoms in total. The number of Topliss-reactive ketones (excluding diaryl/α,β-unsaturated/α-hetero) is 1. The van der Waals surface area contributed by atoms with Gasteiger partial charge in [-0.25, -0.2) is 9.97 Å². The van der Waals surface area contributed by atoms with Crippen molar-refractivity contribution in [2.75, 3.05) is 0 Å². The van der Waals surface area contributed by atoms with Gasteiger partial charge >= 0.3 is 6.01 Å². The molecule has 0 radical (unpaired) electrons. The van der Waals surface area contributed by atoms with Gasteiger partial charge in [0.15, 0.2) is 5.78 Å². The summed E-state index contributed by atoms with van der Waals surface area (Å²) in [6, 6.07) is 7.35. The Morgan fingerprint density at radius 2 is 1.78 bits per heavy atom. The third-order valence-electron chi connectivity index (χ3n) is 4.57. The summed E-state index contributed by atoms with van der Waals surface area (Å²) < 4.78 is 11.5. The molecule has 0 unspecified atom stereocenters. The molecule has 1 aliphatic heterocycles. The van der Waals surface area contributed by atoms with E-state index in [4.69, 9.17) is 9.47 Å². The number of carbonyl (C=O) groups excluding carboxylic acids is 1. The van der Waals surface area contributed by atoms with E-state index in [0.29, 0.717) is 17.7 Å². The van der Waals surface area contributed by atoms with Crippen molar-refractivity contribution in [3.05, 3.63) is 53.5 Å². The second kappa shape index (κ2) is 6.78. The average Bonchev–Trinajstić information content (AvgIpc) is 2.61. The molecule has 2 aromatic rings. The molecule has 0 atom stereocenters. The van der Waals surface area contributed by atoms with Crippen molar-refractivity contribution in [3.63, 3.8) is 0 Å². The highest BCUT2D eigenvalue weighted by Crippen LogP contribution is 2.41. The van der Waals surface area contributed by atoms with Crippen LogP contribution in [0.1, 0.15) is 45.7 Å². The number of carbonyl (C=O) groups is 1. The predicted molar refractivity (Wildman–Crippen MR) is 102 cm³/mol. The Labute approximate surface area is 158 Å². The van der Waals surface area contributed by atoms with E-state index in [2.05, 4.69) is 9.97 Å². The molecule has 27 heavy (non-hydrogen) atoms. The second-order valence-corrected chi connectivity index (χ2v) is 7.48. The van der Waals surface area contributed by atoms with Crippen LogP contribution in [0.25, 0.3) is 5.57 Å². The fourth-order valence-corrected chi connectivity index (χ4v) is 3.30. The molecule has 1 N–H and O–H groups in total. The number of ketones is 1. The Kier molecular flexibility index (Phi) is 4.78. The van der Waals surface area contributed by atoms with Gasteiger partial charge in [-0.1, -0.05) is 13.0 Å². The molecule has 1 aromatic heterocycles. The van der Waals surface area contributed by atoms with E-state index in [-0.39, 0.29) is 23.1 Å². The molecule has 6 heteroatoms. The number of ether oxygens (including phenoxy) is 2. The van der Waals surface area contributed by atoms with Crippen molar-refractivity contribution in [1.82, 2.24) is 9.97 Å². The molecule has 1 aliphatic rings. The minimum atomic E-state index is -1.05. The van der Waals surface area contributed by atoms with Crippen LogP contribution in [0.5, 0.6) is 11.8 Å². The minimum Gasteiger partial charge on any atom is -0.508 e. The van der Waals surface area contributed by atoms with Crippen LogP contribution in [-0.2, 0) is 16.0 Å². The summed E-state index contributed by atoms with van der Waals surface area (Å²) in [7, 11) is 0. The van der Waals surface area contributed by atoms with Crippen LogP contribution in [0, 0.1) is 0 Å². The van der Waals surface area contributed by atoms with Crippen LogP contribution >= 0.6 is 0 Å². The van der Waals surface area contributed by atoms with E-state index >= 15 is 0 Å². The van der Waals surface area contributed by atoms with Crippen molar-refractivity contribution in [3.8, 4) is 11.8 Å². The first-order valence-electron chi connectivity index (χ1n) is 8.92. The molecule has 0 fully saturated rings. The highest BCUT2D eigenvalue weighted by Gasteiger charge is 2.47. The van der Waals surface area contributed by atoms with E-state index in [0.717, 1.165) is 5.56 Å². The summed E-state index contributed by atoms with van der Waals surface area (Å²) in [5.74, 6) is 0.153. The topological polar surface area (TPSA) is 81.5 Å². The zero-order valence-electron chi connectivity index (χ0n) is 16.2. The number of aromatic nitrogens is 2. The first-order valence-corrected chi connectivity index (χ1v) is 8.92. The first-order chi connectivity index (χ1) is 12.7. The zero-order chi connectivity index (χ0) is 19.8. The number of benzene rings is 1. The molecular weight excluding hydrogens is 344 g/mol. The largest absolute Gasteiger partial charge is 0.508 e. The molecule has 3 rings (SSSR count). The summed E-state index contributed by atoms with van der Waals surface area (Å²) in [6.45, 7) is 8.93. The van der Waals surface area contributed by atoms with Gasteiger partial charge in [0.25, 0.3) is 0 Å². The van der Waals surface area contributed by atoms with Crippen molar-refractivity contribution in [1.29, 1.82) is 0 Å². The van der Waals surface area contributed by atoms with E-state index < -0.39 is 11.2 Å². The Morgan fingerprint density at radius 1 is 1.11 bits per heavy atom. The first kappa shape index (κ1) is 19.0. The lowest BCUT2D eigenvalue weighted by Gasteiger charge is -2.40. The molecule has 142 valence electrons. The lowest BCUT2D eigenvalue weighted by Crippen LogP contribution is -2.49. The summed E-state index contributed by atoms with van der Waals surface area (Å²) in [4.78, 5) is 21.2.